The quantitative estimate of drug-likeness (QED) is 0.804. The van der Waals surface area contributed by atoms with Crippen molar-refractivity contribution in [2.75, 3.05) is 19.9 Å². The summed E-state index contributed by atoms with van der Waals surface area (Å²) in [6.45, 7) is 2.08. The number of nitrogens with two attached hydrogens (primary N) is 1. The summed E-state index contributed by atoms with van der Waals surface area (Å²) in [5, 5.41) is 2.84. The fraction of sp³-hybridized carbons (Fsp3) is 0.571. The summed E-state index contributed by atoms with van der Waals surface area (Å²) in [5.74, 6) is 1.48. The zero-order valence-electron chi connectivity index (χ0n) is 11.5. The van der Waals surface area contributed by atoms with Crippen molar-refractivity contribution in [1.29, 1.82) is 0 Å². The van der Waals surface area contributed by atoms with Crippen LogP contribution in [-0.2, 0) is 6.42 Å². The molecule has 112 valence electrons. The number of alkyl halides is 2. The maximum atomic E-state index is 12.3. The van der Waals surface area contributed by atoms with Crippen LogP contribution in [0.4, 0.5) is 8.78 Å². The smallest absolute Gasteiger partial charge is 0.250 e. The van der Waals surface area contributed by atoms with E-state index in [2.05, 4.69) is 5.32 Å². The second-order valence-corrected chi connectivity index (χ2v) is 5.22. The molecule has 0 bridgehead atoms. The molecule has 0 amide bonds. The number of fused-ring (bicyclic) bond motifs is 1. The molecule has 2 rings (SSSR count). The van der Waals surface area contributed by atoms with Crippen molar-refractivity contribution in [3.05, 3.63) is 23.8 Å². The van der Waals surface area contributed by atoms with E-state index < -0.39 is 12.0 Å². The van der Waals surface area contributed by atoms with E-state index in [1.54, 1.807) is 0 Å². The zero-order chi connectivity index (χ0) is 14.6. The van der Waals surface area contributed by atoms with Crippen LogP contribution in [0.5, 0.6) is 11.5 Å². The second kappa shape index (κ2) is 6.37. The second-order valence-electron chi connectivity index (χ2n) is 5.22. The third-order valence-electron chi connectivity index (χ3n) is 3.54. The van der Waals surface area contributed by atoms with Gasteiger partial charge in [-0.3, -0.25) is 0 Å². The highest BCUT2D eigenvalue weighted by atomic mass is 19.3. The summed E-state index contributed by atoms with van der Waals surface area (Å²) in [6.07, 6.45) is -0.956. The molecule has 0 aromatic heterocycles. The van der Waals surface area contributed by atoms with Gasteiger partial charge in [0.25, 0.3) is 6.43 Å². The molecule has 0 spiro atoms. The number of aryl methyl sites for hydroxylation is 1. The van der Waals surface area contributed by atoms with Crippen LogP contribution in [0.1, 0.15) is 18.9 Å². The molecule has 20 heavy (non-hydrogen) atoms. The monoisotopic (exact) mass is 286 g/mol. The van der Waals surface area contributed by atoms with Gasteiger partial charge in [-0.2, -0.15) is 0 Å². The lowest BCUT2D eigenvalue weighted by Crippen LogP contribution is -2.50. The minimum Gasteiger partial charge on any atom is -0.454 e. The third-order valence-corrected chi connectivity index (χ3v) is 3.54. The number of benzene rings is 1. The molecule has 1 atom stereocenters. The predicted octanol–water partition coefficient (Wildman–Crippen LogP) is 1.92. The lowest BCUT2D eigenvalue weighted by molar-refractivity contribution is 0.130. The molecule has 0 aliphatic carbocycles. The topological polar surface area (TPSA) is 56.5 Å². The Kier molecular flexibility index (Phi) is 4.77. The number of halogens is 2. The first-order valence-corrected chi connectivity index (χ1v) is 6.64. The van der Waals surface area contributed by atoms with Crippen molar-refractivity contribution in [3.63, 3.8) is 0 Å². The molecule has 1 aliphatic heterocycles. The maximum absolute atomic E-state index is 12.3. The van der Waals surface area contributed by atoms with Gasteiger partial charge in [-0.25, -0.2) is 8.78 Å². The van der Waals surface area contributed by atoms with Gasteiger partial charge in [0.05, 0.1) is 6.54 Å². The molecule has 0 radical (unpaired) electrons. The van der Waals surface area contributed by atoms with E-state index in [9.17, 15) is 8.78 Å². The van der Waals surface area contributed by atoms with E-state index in [1.807, 2.05) is 25.1 Å². The molecular weight excluding hydrogens is 266 g/mol. The van der Waals surface area contributed by atoms with Gasteiger partial charge in [0.2, 0.25) is 6.79 Å². The van der Waals surface area contributed by atoms with Gasteiger partial charge in [-0.05, 0) is 37.5 Å². The minimum absolute atomic E-state index is 0.245. The van der Waals surface area contributed by atoms with Crippen LogP contribution >= 0.6 is 0 Å². The standard InChI is InChI=1S/C14H20F2N2O2/c1-14(8-17,18-7-13(15)16)5-4-10-2-3-11-12(6-10)20-9-19-11/h2-3,6,13,18H,4-5,7-9,17H2,1H3. The molecule has 1 unspecified atom stereocenters. The first-order valence-electron chi connectivity index (χ1n) is 6.64. The van der Waals surface area contributed by atoms with Crippen LogP contribution in [-0.4, -0.2) is 31.8 Å². The van der Waals surface area contributed by atoms with E-state index in [-0.39, 0.29) is 13.3 Å². The fourth-order valence-corrected chi connectivity index (χ4v) is 2.10. The van der Waals surface area contributed by atoms with Crippen LogP contribution in [0.15, 0.2) is 18.2 Å². The molecule has 0 saturated heterocycles. The molecule has 0 fully saturated rings. The number of hydrogen-bond donors (Lipinski definition) is 2. The lowest BCUT2D eigenvalue weighted by atomic mass is 9.93. The first kappa shape index (κ1) is 15.0. The normalized spacial score (nSPS) is 16.4. The summed E-state index contributed by atoms with van der Waals surface area (Å²) >= 11 is 0. The van der Waals surface area contributed by atoms with Gasteiger partial charge >= 0.3 is 0 Å². The van der Waals surface area contributed by atoms with E-state index in [1.165, 1.54) is 0 Å². The van der Waals surface area contributed by atoms with Crippen LogP contribution in [0.3, 0.4) is 0 Å². The number of hydrogen-bond acceptors (Lipinski definition) is 4. The molecule has 4 nitrogen and oxygen atoms in total. The summed E-state index contributed by atoms with van der Waals surface area (Å²) < 4.78 is 35.1. The molecule has 6 heteroatoms. The predicted molar refractivity (Wildman–Crippen MR) is 72.4 cm³/mol. The maximum Gasteiger partial charge on any atom is 0.250 e. The Morgan fingerprint density at radius 2 is 2.10 bits per heavy atom. The van der Waals surface area contributed by atoms with Crippen molar-refractivity contribution in [2.24, 2.45) is 5.73 Å². The summed E-state index contributed by atoms with van der Waals surface area (Å²) in [4.78, 5) is 0. The van der Waals surface area contributed by atoms with Gasteiger partial charge in [0, 0.05) is 12.1 Å². The van der Waals surface area contributed by atoms with Crippen LogP contribution in [0, 0.1) is 0 Å². The Morgan fingerprint density at radius 1 is 1.35 bits per heavy atom. The van der Waals surface area contributed by atoms with E-state index in [0.29, 0.717) is 13.0 Å². The largest absolute Gasteiger partial charge is 0.454 e. The average molecular weight is 286 g/mol. The van der Waals surface area contributed by atoms with Gasteiger partial charge in [0.15, 0.2) is 11.5 Å². The van der Waals surface area contributed by atoms with Crippen LogP contribution in [0.2, 0.25) is 0 Å². The van der Waals surface area contributed by atoms with Crippen LogP contribution in [0.25, 0.3) is 0 Å². The fourth-order valence-electron chi connectivity index (χ4n) is 2.10. The third kappa shape index (κ3) is 3.80. The highest BCUT2D eigenvalue weighted by molar-refractivity contribution is 5.44. The molecule has 1 aromatic carbocycles. The number of ether oxygens (including phenoxy) is 2. The Morgan fingerprint density at radius 3 is 2.80 bits per heavy atom. The van der Waals surface area contributed by atoms with E-state index >= 15 is 0 Å². The zero-order valence-corrected chi connectivity index (χ0v) is 11.5. The van der Waals surface area contributed by atoms with E-state index in [0.717, 1.165) is 23.5 Å². The van der Waals surface area contributed by atoms with Gasteiger partial charge in [-0.15, -0.1) is 0 Å². The molecule has 1 heterocycles. The highest BCUT2D eigenvalue weighted by Crippen LogP contribution is 2.33. The molecule has 1 aromatic rings. The first-order chi connectivity index (χ1) is 9.52. The summed E-state index contributed by atoms with van der Waals surface area (Å²) in [7, 11) is 0. The minimum atomic E-state index is -2.37. The van der Waals surface area contributed by atoms with Crippen molar-refractivity contribution >= 4 is 0 Å². The summed E-state index contributed by atoms with van der Waals surface area (Å²) in [5.41, 5.74) is 6.28. The van der Waals surface area contributed by atoms with Crippen LogP contribution < -0.4 is 20.5 Å². The number of nitrogens with one attached hydrogen (secondary N) is 1. The van der Waals surface area contributed by atoms with Crippen molar-refractivity contribution in [1.82, 2.24) is 5.32 Å². The SMILES string of the molecule is CC(CN)(CCc1ccc2c(c1)OCO2)NCC(F)F. The molecular formula is C14H20F2N2O2. The van der Waals surface area contributed by atoms with Crippen molar-refractivity contribution < 1.29 is 18.3 Å². The van der Waals surface area contributed by atoms with E-state index in [4.69, 9.17) is 15.2 Å². The summed E-state index contributed by atoms with van der Waals surface area (Å²) in [6, 6.07) is 5.74. The molecule has 3 N–H and O–H groups in total. The number of rotatable bonds is 7. The lowest BCUT2D eigenvalue weighted by Gasteiger charge is -2.29. The average Bonchev–Trinajstić information content (AvgIpc) is 2.90. The van der Waals surface area contributed by atoms with Crippen molar-refractivity contribution in [2.45, 2.75) is 31.7 Å². The van der Waals surface area contributed by atoms with Gasteiger partial charge in [-0.1, -0.05) is 6.07 Å². The Labute approximate surface area is 117 Å². The van der Waals surface area contributed by atoms with Crippen molar-refractivity contribution in [3.8, 4) is 11.5 Å². The molecule has 1 aliphatic rings. The Hall–Kier alpha value is -1.40. The Bertz CT molecular complexity index is 457. The highest BCUT2D eigenvalue weighted by Gasteiger charge is 2.23. The van der Waals surface area contributed by atoms with Gasteiger partial charge in [0.1, 0.15) is 0 Å². The molecule has 0 saturated carbocycles. The van der Waals surface area contributed by atoms with Gasteiger partial charge < -0.3 is 20.5 Å². The Balaban J connectivity index is 1.92.